The molecule has 5 heteroatoms. The molecular weight excluding hydrogens is 196 g/mol. The lowest BCUT2D eigenvalue weighted by Gasteiger charge is -2.03. The summed E-state index contributed by atoms with van der Waals surface area (Å²) in [5.41, 5.74) is 2.02. The molecule has 0 saturated heterocycles. The van der Waals surface area contributed by atoms with Crippen molar-refractivity contribution >= 4 is 17.2 Å². The number of thiophene rings is 1. The molecule has 0 aliphatic carbocycles. The molecule has 0 spiro atoms. The summed E-state index contributed by atoms with van der Waals surface area (Å²) in [6.07, 6.45) is 1.44. The summed E-state index contributed by atoms with van der Waals surface area (Å²) in [7, 11) is 1.83. The quantitative estimate of drug-likeness (QED) is 0.816. The Morgan fingerprint density at radius 3 is 2.93 bits per heavy atom. The van der Waals surface area contributed by atoms with Gasteiger partial charge < -0.3 is 5.32 Å². The maximum absolute atomic E-state index is 4.12. The van der Waals surface area contributed by atoms with Gasteiger partial charge in [0, 0.05) is 7.05 Å². The average Bonchev–Trinajstić information content (AvgIpc) is 2.64. The van der Waals surface area contributed by atoms with E-state index in [-0.39, 0.29) is 0 Å². The van der Waals surface area contributed by atoms with Gasteiger partial charge in [-0.05, 0) is 23.9 Å². The van der Waals surface area contributed by atoms with Gasteiger partial charge in [-0.15, -0.1) is 21.5 Å². The van der Waals surface area contributed by atoms with Crippen LogP contribution in [-0.2, 0) is 0 Å². The van der Waals surface area contributed by atoms with Crippen LogP contribution >= 0.6 is 11.3 Å². The highest BCUT2D eigenvalue weighted by molar-refractivity contribution is 7.13. The molecule has 0 radical (unpaired) electrons. The van der Waals surface area contributed by atoms with Crippen LogP contribution < -0.4 is 5.32 Å². The van der Waals surface area contributed by atoms with Gasteiger partial charge in [0.05, 0.1) is 4.88 Å². The third kappa shape index (κ3) is 1.46. The number of rotatable bonds is 2. The Morgan fingerprint density at radius 1 is 1.43 bits per heavy atom. The van der Waals surface area contributed by atoms with Crippen LogP contribution in [0.1, 0.15) is 5.56 Å². The van der Waals surface area contributed by atoms with Gasteiger partial charge in [-0.2, -0.15) is 0 Å². The van der Waals surface area contributed by atoms with Crippen molar-refractivity contribution in [2.45, 2.75) is 6.92 Å². The Kier molecular flexibility index (Phi) is 2.41. The standard InChI is InChI=1S/C9H10N4S/c1-6-3-4-14-8(6)7-9(10-2)11-5-12-13-7/h3-5H,1-2H3,(H,10,11,12). The molecule has 0 bridgehead atoms. The lowest BCUT2D eigenvalue weighted by molar-refractivity contribution is 0.979. The van der Waals surface area contributed by atoms with E-state index in [0.717, 1.165) is 16.4 Å². The van der Waals surface area contributed by atoms with E-state index in [0.29, 0.717) is 0 Å². The highest BCUT2D eigenvalue weighted by Crippen LogP contribution is 2.30. The van der Waals surface area contributed by atoms with Crippen LogP contribution in [0.5, 0.6) is 0 Å². The van der Waals surface area contributed by atoms with Crippen LogP contribution in [-0.4, -0.2) is 22.2 Å². The molecule has 2 aromatic rings. The fourth-order valence-corrected chi connectivity index (χ4v) is 2.14. The van der Waals surface area contributed by atoms with E-state index in [1.807, 2.05) is 12.4 Å². The summed E-state index contributed by atoms with van der Waals surface area (Å²) < 4.78 is 0. The van der Waals surface area contributed by atoms with E-state index in [4.69, 9.17) is 0 Å². The summed E-state index contributed by atoms with van der Waals surface area (Å²) >= 11 is 1.65. The second kappa shape index (κ2) is 3.71. The van der Waals surface area contributed by atoms with Crippen molar-refractivity contribution in [2.75, 3.05) is 12.4 Å². The Hall–Kier alpha value is -1.49. The third-order valence-electron chi connectivity index (χ3n) is 1.93. The predicted octanol–water partition coefficient (Wildman–Crippen LogP) is 1.95. The molecule has 2 aromatic heterocycles. The molecule has 0 saturated carbocycles. The maximum Gasteiger partial charge on any atom is 0.157 e. The molecule has 0 aromatic carbocycles. The molecule has 0 unspecified atom stereocenters. The summed E-state index contributed by atoms with van der Waals surface area (Å²) in [5, 5.41) is 12.9. The summed E-state index contributed by atoms with van der Waals surface area (Å²) in [4.78, 5) is 5.24. The van der Waals surface area contributed by atoms with Crippen LogP contribution in [0.25, 0.3) is 10.6 Å². The average molecular weight is 206 g/mol. The number of aryl methyl sites for hydroxylation is 1. The normalized spacial score (nSPS) is 10.1. The number of anilines is 1. The van der Waals surface area contributed by atoms with Gasteiger partial charge in [0.2, 0.25) is 0 Å². The molecule has 4 nitrogen and oxygen atoms in total. The molecule has 0 amide bonds. The fourth-order valence-electron chi connectivity index (χ4n) is 1.23. The van der Waals surface area contributed by atoms with E-state index in [1.54, 1.807) is 11.3 Å². The summed E-state index contributed by atoms with van der Waals surface area (Å²) in [5.74, 6) is 0.769. The second-order valence-electron chi connectivity index (χ2n) is 2.84. The predicted molar refractivity (Wildman–Crippen MR) is 57.4 cm³/mol. The number of hydrogen-bond acceptors (Lipinski definition) is 5. The number of nitrogens with one attached hydrogen (secondary N) is 1. The van der Waals surface area contributed by atoms with E-state index < -0.39 is 0 Å². The van der Waals surface area contributed by atoms with E-state index >= 15 is 0 Å². The number of aromatic nitrogens is 3. The zero-order chi connectivity index (χ0) is 9.97. The molecule has 0 aliphatic heterocycles. The Labute approximate surface area is 86.0 Å². The zero-order valence-corrected chi connectivity index (χ0v) is 8.80. The fraction of sp³-hybridized carbons (Fsp3) is 0.222. The van der Waals surface area contributed by atoms with Crippen LogP contribution in [0.2, 0.25) is 0 Å². The highest BCUT2D eigenvalue weighted by atomic mass is 32.1. The van der Waals surface area contributed by atoms with Gasteiger partial charge in [-0.3, -0.25) is 0 Å². The minimum Gasteiger partial charge on any atom is -0.371 e. The second-order valence-corrected chi connectivity index (χ2v) is 3.76. The molecule has 14 heavy (non-hydrogen) atoms. The van der Waals surface area contributed by atoms with Crippen molar-refractivity contribution in [3.05, 3.63) is 23.3 Å². The largest absolute Gasteiger partial charge is 0.371 e. The maximum atomic E-state index is 4.12. The Morgan fingerprint density at radius 2 is 2.29 bits per heavy atom. The van der Waals surface area contributed by atoms with E-state index in [1.165, 1.54) is 11.9 Å². The van der Waals surface area contributed by atoms with Gasteiger partial charge in [0.25, 0.3) is 0 Å². The third-order valence-corrected chi connectivity index (χ3v) is 2.96. The smallest absolute Gasteiger partial charge is 0.157 e. The van der Waals surface area contributed by atoms with Crippen LogP contribution in [0.4, 0.5) is 5.82 Å². The first-order chi connectivity index (χ1) is 6.83. The van der Waals surface area contributed by atoms with Crippen molar-refractivity contribution in [3.8, 4) is 10.6 Å². The molecule has 2 rings (SSSR count). The van der Waals surface area contributed by atoms with Crippen molar-refractivity contribution in [1.29, 1.82) is 0 Å². The van der Waals surface area contributed by atoms with Gasteiger partial charge in [0.1, 0.15) is 12.0 Å². The molecule has 0 fully saturated rings. The molecule has 72 valence electrons. The van der Waals surface area contributed by atoms with Gasteiger partial charge >= 0.3 is 0 Å². The summed E-state index contributed by atoms with van der Waals surface area (Å²) in [6, 6.07) is 2.06. The summed E-state index contributed by atoms with van der Waals surface area (Å²) in [6.45, 7) is 2.06. The zero-order valence-electron chi connectivity index (χ0n) is 7.98. The lowest BCUT2D eigenvalue weighted by atomic mass is 10.2. The highest BCUT2D eigenvalue weighted by Gasteiger charge is 2.10. The lowest BCUT2D eigenvalue weighted by Crippen LogP contribution is -1.98. The van der Waals surface area contributed by atoms with E-state index in [9.17, 15) is 0 Å². The first-order valence-electron chi connectivity index (χ1n) is 4.23. The number of hydrogen-bond donors (Lipinski definition) is 1. The van der Waals surface area contributed by atoms with Crippen LogP contribution in [0.15, 0.2) is 17.8 Å². The van der Waals surface area contributed by atoms with Gasteiger partial charge in [0.15, 0.2) is 5.82 Å². The van der Waals surface area contributed by atoms with Crippen LogP contribution in [0.3, 0.4) is 0 Å². The minimum atomic E-state index is 0.769. The number of nitrogens with zero attached hydrogens (tertiary/aromatic N) is 3. The van der Waals surface area contributed by atoms with Crippen molar-refractivity contribution < 1.29 is 0 Å². The molecular formula is C9H10N4S. The monoisotopic (exact) mass is 206 g/mol. The Bertz CT molecular complexity index is 438. The molecule has 0 aliphatic rings. The Balaban J connectivity index is 2.56. The van der Waals surface area contributed by atoms with Gasteiger partial charge in [-0.1, -0.05) is 0 Å². The van der Waals surface area contributed by atoms with Crippen molar-refractivity contribution in [1.82, 2.24) is 15.2 Å². The molecule has 2 heterocycles. The van der Waals surface area contributed by atoms with Crippen LogP contribution in [0, 0.1) is 6.92 Å². The van der Waals surface area contributed by atoms with Gasteiger partial charge in [-0.25, -0.2) is 4.98 Å². The van der Waals surface area contributed by atoms with Crippen molar-refractivity contribution in [3.63, 3.8) is 0 Å². The first-order valence-corrected chi connectivity index (χ1v) is 5.11. The van der Waals surface area contributed by atoms with E-state index in [2.05, 4.69) is 33.5 Å². The molecule has 1 N–H and O–H groups in total. The topological polar surface area (TPSA) is 50.7 Å². The van der Waals surface area contributed by atoms with Crippen molar-refractivity contribution in [2.24, 2.45) is 0 Å². The SMILES string of the molecule is CNc1ncnnc1-c1sccc1C. The molecule has 0 atom stereocenters. The minimum absolute atomic E-state index is 0.769. The first kappa shape index (κ1) is 9.08.